The predicted octanol–water partition coefficient (Wildman–Crippen LogP) is 2.66. The molecule has 0 aromatic rings. The molecule has 0 spiro atoms. The first kappa shape index (κ1) is 9.85. The van der Waals surface area contributed by atoms with Crippen molar-refractivity contribution in [3.05, 3.63) is 0 Å². The van der Waals surface area contributed by atoms with Crippen molar-refractivity contribution in [2.24, 2.45) is 5.92 Å². The molecule has 2 rings (SSSR count). The van der Waals surface area contributed by atoms with Crippen LogP contribution in [0.1, 0.15) is 39.0 Å². The molecule has 0 bridgehead atoms. The highest BCUT2D eigenvalue weighted by molar-refractivity contribution is 7.99. The van der Waals surface area contributed by atoms with E-state index in [1.807, 2.05) is 0 Å². The van der Waals surface area contributed by atoms with Crippen LogP contribution < -0.4 is 5.32 Å². The fraction of sp³-hybridized carbons (Fsp3) is 1.00. The third-order valence-electron chi connectivity index (χ3n) is 3.53. The summed E-state index contributed by atoms with van der Waals surface area (Å²) >= 11 is 2.12. The molecule has 1 heterocycles. The Kier molecular flexibility index (Phi) is 3.56. The number of hydrogen-bond donors (Lipinski definition) is 1. The minimum Gasteiger partial charge on any atom is -0.311 e. The zero-order valence-electron chi connectivity index (χ0n) is 8.59. The maximum absolute atomic E-state index is 3.85. The van der Waals surface area contributed by atoms with Crippen LogP contribution >= 0.6 is 11.8 Å². The molecule has 0 amide bonds. The minimum atomic E-state index is 0.840. The van der Waals surface area contributed by atoms with Crippen LogP contribution in [0.25, 0.3) is 0 Å². The molecule has 1 saturated carbocycles. The molecule has 1 N–H and O–H groups in total. The summed E-state index contributed by atoms with van der Waals surface area (Å²) in [5, 5.41) is 3.85. The van der Waals surface area contributed by atoms with Crippen molar-refractivity contribution in [3.63, 3.8) is 0 Å². The molecule has 2 aliphatic rings. The highest BCUT2D eigenvalue weighted by Gasteiger charge is 2.26. The average molecular weight is 199 g/mol. The lowest BCUT2D eigenvalue weighted by Crippen LogP contribution is -2.41. The fourth-order valence-electron chi connectivity index (χ4n) is 2.56. The SMILES string of the molecule is CC1CCCC1NC1CCSCC1. The standard InChI is InChI=1S/C11H21NS/c1-9-3-2-4-11(9)12-10-5-7-13-8-6-10/h9-12H,2-8H2,1H3. The fourth-order valence-corrected chi connectivity index (χ4v) is 3.67. The Morgan fingerprint density at radius 2 is 1.85 bits per heavy atom. The maximum atomic E-state index is 3.85. The maximum Gasteiger partial charge on any atom is 0.00952 e. The second kappa shape index (κ2) is 4.70. The lowest BCUT2D eigenvalue weighted by molar-refractivity contribution is 0.358. The molecule has 1 nitrogen and oxygen atoms in total. The van der Waals surface area contributed by atoms with Gasteiger partial charge in [0.05, 0.1) is 0 Å². The van der Waals surface area contributed by atoms with Crippen molar-refractivity contribution in [3.8, 4) is 0 Å². The molecule has 2 atom stereocenters. The summed E-state index contributed by atoms with van der Waals surface area (Å²) < 4.78 is 0. The van der Waals surface area contributed by atoms with Gasteiger partial charge in [-0.1, -0.05) is 13.3 Å². The van der Waals surface area contributed by atoms with E-state index in [2.05, 4.69) is 24.0 Å². The van der Waals surface area contributed by atoms with E-state index in [1.165, 1.54) is 43.6 Å². The van der Waals surface area contributed by atoms with Gasteiger partial charge in [0.1, 0.15) is 0 Å². The lowest BCUT2D eigenvalue weighted by Gasteiger charge is -2.28. The van der Waals surface area contributed by atoms with Crippen LogP contribution in [-0.2, 0) is 0 Å². The van der Waals surface area contributed by atoms with Crippen LogP contribution in [-0.4, -0.2) is 23.6 Å². The van der Waals surface area contributed by atoms with E-state index in [0.29, 0.717) is 0 Å². The van der Waals surface area contributed by atoms with Crippen molar-refractivity contribution in [2.75, 3.05) is 11.5 Å². The van der Waals surface area contributed by atoms with Crippen LogP contribution in [0, 0.1) is 5.92 Å². The number of thioether (sulfide) groups is 1. The van der Waals surface area contributed by atoms with Gasteiger partial charge in [0.2, 0.25) is 0 Å². The number of nitrogens with one attached hydrogen (secondary N) is 1. The lowest BCUT2D eigenvalue weighted by atomic mass is 10.0. The summed E-state index contributed by atoms with van der Waals surface area (Å²) in [5.74, 6) is 3.67. The predicted molar refractivity (Wildman–Crippen MR) is 60.3 cm³/mol. The van der Waals surface area contributed by atoms with Crippen molar-refractivity contribution >= 4 is 11.8 Å². The van der Waals surface area contributed by atoms with Crippen molar-refractivity contribution in [1.29, 1.82) is 0 Å². The molecule has 1 saturated heterocycles. The first-order valence-corrected chi connectivity index (χ1v) is 6.85. The highest BCUT2D eigenvalue weighted by atomic mass is 32.2. The van der Waals surface area contributed by atoms with Crippen LogP contribution in [0.4, 0.5) is 0 Å². The van der Waals surface area contributed by atoms with Crippen molar-refractivity contribution in [2.45, 2.75) is 51.1 Å². The van der Waals surface area contributed by atoms with E-state index in [0.717, 1.165) is 18.0 Å². The third-order valence-corrected chi connectivity index (χ3v) is 4.58. The van der Waals surface area contributed by atoms with E-state index in [4.69, 9.17) is 0 Å². The van der Waals surface area contributed by atoms with Gasteiger partial charge in [-0.15, -0.1) is 0 Å². The van der Waals surface area contributed by atoms with E-state index in [1.54, 1.807) is 0 Å². The topological polar surface area (TPSA) is 12.0 Å². The summed E-state index contributed by atoms with van der Waals surface area (Å²) in [6, 6.07) is 1.68. The zero-order valence-corrected chi connectivity index (χ0v) is 9.41. The average Bonchev–Trinajstić information content (AvgIpc) is 2.54. The molecule has 2 unspecified atom stereocenters. The van der Waals surface area contributed by atoms with Gasteiger partial charge in [-0.05, 0) is 43.1 Å². The molecule has 76 valence electrons. The van der Waals surface area contributed by atoms with Crippen LogP contribution in [0.2, 0.25) is 0 Å². The molecule has 2 fully saturated rings. The Morgan fingerprint density at radius 3 is 2.46 bits per heavy atom. The quantitative estimate of drug-likeness (QED) is 0.734. The van der Waals surface area contributed by atoms with Gasteiger partial charge in [-0.2, -0.15) is 11.8 Å². The van der Waals surface area contributed by atoms with E-state index in [-0.39, 0.29) is 0 Å². The third kappa shape index (κ3) is 2.63. The smallest absolute Gasteiger partial charge is 0.00952 e. The normalized spacial score (nSPS) is 36.7. The van der Waals surface area contributed by atoms with E-state index < -0.39 is 0 Å². The van der Waals surface area contributed by atoms with Gasteiger partial charge < -0.3 is 5.32 Å². The summed E-state index contributed by atoms with van der Waals surface area (Å²) in [4.78, 5) is 0. The Balaban J connectivity index is 1.75. The summed E-state index contributed by atoms with van der Waals surface area (Å²) in [6.07, 6.45) is 7.10. The molecule has 0 radical (unpaired) electrons. The summed E-state index contributed by atoms with van der Waals surface area (Å²) in [6.45, 7) is 2.41. The first-order chi connectivity index (χ1) is 6.36. The van der Waals surface area contributed by atoms with Crippen LogP contribution in [0.3, 0.4) is 0 Å². The van der Waals surface area contributed by atoms with Crippen molar-refractivity contribution < 1.29 is 0 Å². The monoisotopic (exact) mass is 199 g/mol. The van der Waals surface area contributed by atoms with Crippen molar-refractivity contribution in [1.82, 2.24) is 5.32 Å². The summed E-state index contributed by atoms with van der Waals surface area (Å²) in [7, 11) is 0. The van der Waals surface area contributed by atoms with Gasteiger partial charge in [-0.25, -0.2) is 0 Å². The van der Waals surface area contributed by atoms with Gasteiger partial charge >= 0.3 is 0 Å². The van der Waals surface area contributed by atoms with Gasteiger partial charge in [0.25, 0.3) is 0 Å². The van der Waals surface area contributed by atoms with Gasteiger partial charge in [0.15, 0.2) is 0 Å². The Hall–Kier alpha value is 0.310. The Morgan fingerprint density at radius 1 is 1.08 bits per heavy atom. The Bertz CT molecular complexity index is 154. The first-order valence-electron chi connectivity index (χ1n) is 5.70. The second-order valence-corrected chi connectivity index (χ2v) is 5.79. The molecule has 0 aromatic heterocycles. The zero-order chi connectivity index (χ0) is 9.10. The molecule has 13 heavy (non-hydrogen) atoms. The molecule has 2 heteroatoms. The van der Waals surface area contributed by atoms with E-state index >= 15 is 0 Å². The van der Waals surface area contributed by atoms with E-state index in [9.17, 15) is 0 Å². The second-order valence-electron chi connectivity index (χ2n) is 4.57. The minimum absolute atomic E-state index is 0.840. The highest BCUT2D eigenvalue weighted by Crippen LogP contribution is 2.27. The molecule has 0 aromatic carbocycles. The van der Waals surface area contributed by atoms with Gasteiger partial charge in [-0.3, -0.25) is 0 Å². The number of hydrogen-bond acceptors (Lipinski definition) is 2. The molecular formula is C11H21NS. The van der Waals surface area contributed by atoms with Crippen LogP contribution in [0.15, 0.2) is 0 Å². The number of rotatable bonds is 2. The molecule has 1 aliphatic heterocycles. The molecule has 1 aliphatic carbocycles. The van der Waals surface area contributed by atoms with Gasteiger partial charge in [0, 0.05) is 12.1 Å². The molecular weight excluding hydrogens is 178 g/mol. The summed E-state index contributed by atoms with van der Waals surface area (Å²) in [5.41, 5.74) is 0. The largest absolute Gasteiger partial charge is 0.311 e. The Labute approximate surface area is 86.0 Å². The van der Waals surface area contributed by atoms with Crippen LogP contribution in [0.5, 0.6) is 0 Å².